The van der Waals surface area contributed by atoms with Gasteiger partial charge in [0.2, 0.25) is 0 Å². The molecule has 0 aromatic heterocycles. The van der Waals surface area contributed by atoms with Gasteiger partial charge in [-0.3, -0.25) is 0 Å². The summed E-state index contributed by atoms with van der Waals surface area (Å²) in [5, 5.41) is 14.7. The average molecular weight is 501 g/mol. The Morgan fingerprint density at radius 2 is 1.86 bits per heavy atom. The Morgan fingerprint density at radius 3 is 2.54 bits per heavy atom. The molecule has 5 nitrogen and oxygen atoms in total. The number of carboxylic acids is 1. The maximum absolute atomic E-state index is 14.7. The number of carboxylic acid groups (broad SMARTS) is 1. The van der Waals surface area contributed by atoms with Crippen LogP contribution in [0.25, 0.3) is 24.0 Å². The van der Waals surface area contributed by atoms with E-state index in [0.29, 0.717) is 33.9 Å². The minimum absolute atomic E-state index is 0.138. The van der Waals surface area contributed by atoms with Gasteiger partial charge in [0.15, 0.2) is 0 Å². The summed E-state index contributed by atoms with van der Waals surface area (Å²) in [7, 11) is 1.50. The number of hydrogen-bond acceptors (Lipinski definition) is 4. The van der Waals surface area contributed by atoms with E-state index in [9.17, 15) is 14.3 Å². The first-order chi connectivity index (χ1) is 17.7. The van der Waals surface area contributed by atoms with Crippen LogP contribution >= 0.6 is 0 Å². The van der Waals surface area contributed by atoms with E-state index in [1.54, 1.807) is 18.2 Å². The van der Waals surface area contributed by atoms with Crippen LogP contribution in [-0.4, -0.2) is 18.1 Å². The fourth-order valence-electron chi connectivity index (χ4n) is 4.32. The van der Waals surface area contributed by atoms with Crippen molar-refractivity contribution in [3.05, 3.63) is 105 Å². The second-order valence-corrected chi connectivity index (χ2v) is 8.65. The largest absolute Gasteiger partial charge is 0.478 e. The van der Waals surface area contributed by atoms with E-state index in [4.69, 9.17) is 4.74 Å². The van der Waals surface area contributed by atoms with Gasteiger partial charge in [0.05, 0.1) is 11.6 Å². The molecule has 0 radical (unpaired) electrons. The molecule has 1 atom stereocenters. The maximum atomic E-state index is 14.7. The second-order valence-electron chi connectivity index (χ2n) is 8.65. The van der Waals surface area contributed by atoms with Gasteiger partial charge in [0, 0.05) is 22.4 Å². The van der Waals surface area contributed by atoms with E-state index < -0.39 is 17.8 Å². The number of nitrogens with one attached hydrogen (secondary N) is 1. The van der Waals surface area contributed by atoms with Crippen LogP contribution in [0, 0.1) is 5.82 Å². The number of halogens is 1. The molecule has 3 aromatic carbocycles. The van der Waals surface area contributed by atoms with Crippen molar-refractivity contribution in [1.82, 2.24) is 0 Å². The zero-order valence-electron chi connectivity index (χ0n) is 21.7. The van der Waals surface area contributed by atoms with Crippen LogP contribution in [0.4, 0.5) is 10.1 Å². The van der Waals surface area contributed by atoms with Crippen LogP contribution in [0.5, 0.6) is 5.75 Å². The summed E-state index contributed by atoms with van der Waals surface area (Å²) in [6.45, 7) is 14.2. The lowest BCUT2D eigenvalue weighted by Gasteiger charge is -2.28. The summed E-state index contributed by atoms with van der Waals surface area (Å²) in [5.41, 5.74) is 8.62. The van der Waals surface area contributed by atoms with Crippen LogP contribution in [0.1, 0.15) is 60.3 Å². The molecule has 1 unspecified atom stereocenters. The molecule has 6 heteroatoms. The zero-order chi connectivity index (χ0) is 27.3. The molecular weight excluding hydrogens is 467 g/mol. The predicted octanol–water partition coefficient (Wildman–Crippen LogP) is 5.71. The van der Waals surface area contributed by atoms with E-state index in [2.05, 4.69) is 37.2 Å². The van der Waals surface area contributed by atoms with Gasteiger partial charge < -0.3 is 20.9 Å². The van der Waals surface area contributed by atoms with Gasteiger partial charge in [-0.25, -0.2) is 9.18 Å². The number of hydrogen-bond donors (Lipinski definition) is 3. The molecular formula is C31H33FN2O3. The van der Waals surface area contributed by atoms with E-state index in [1.807, 2.05) is 32.0 Å². The number of nitrogens with two attached hydrogens (primary N) is 1. The Kier molecular flexibility index (Phi) is 8.69. The molecule has 4 N–H and O–H groups in total. The molecule has 37 heavy (non-hydrogen) atoms. The molecule has 1 heterocycles. The van der Waals surface area contributed by atoms with Crippen molar-refractivity contribution in [2.24, 2.45) is 5.73 Å². The molecule has 1 aliphatic rings. The molecule has 3 aromatic rings. The molecule has 192 valence electrons. The number of benzene rings is 3. The number of carbonyl (C=O) groups is 1. The van der Waals surface area contributed by atoms with Crippen molar-refractivity contribution in [2.45, 2.75) is 33.2 Å². The summed E-state index contributed by atoms with van der Waals surface area (Å²) < 4.78 is 21.2. The van der Waals surface area contributed by atoms with Crippen LogP contribution in [0.15, 0.2) is 66.7 Å². The van der Waals surface area contributed by atoms with Crippen LogP contribution in [0.3, 0.4) is 0 Å². The van der Waals surface area contributed by atoms with E-state index >= 15 is 0 Å². The zero-order valence-corrected chi connectivity index (χ0v) is 21.7. The molecule has 0 saturated carbocycles. The second kappa shape index (κ2) is 11.7. The van der Waals surface area contributed by atoms with Gasteiger partial charge in [0.25, 0.3) is 0 Å². The van der Waals surface area contributed by atoms with Gasteiger partial charge in [-0.1, -0.05) is 50.4 Å². The topological polar surface area (TPSA) is 84.6 Å². The Hall–Kier alpha value is -4.16. The fraction of sp³-hybridized carbons (Fsp3) is 0.194. The number of anilines is 1. The molecule has 0 bridgehead atoms. The van der Waals surface area contributed by atoms with Gasteiger partial charge >= 0.3 is 5.97 Å². The van der Waals surface area contributed by atoms with Gasteiger partial charge in [-0.05, 0) is 79.2 Å². The highest BCUT2D eigenvalue weighted by molar-refractivity contribution is 5.94. The van der Waals surface area contributed by atoms with Crippen LogP contribution in [0.2, 0.25) is 0 Å². The standard InChI is InChI=1S/C30H28FNO3.CH5N/c1-6-9-21-14-22(13-12-17(21)2)28-19(4)18(3)25-15-23(31)16-26(29(25)35-28)20(5)32-27-11-8-7-10-24(27)30(33)34;1-2/h7-16,20,32H,2-3,6H2,1,4-5H3,(H,33,34);2H2,1H3/b21-9-;. The smallest absolute Gasteiger partial charge is 0.337 e. The summed E-state index contributed by atoms with van der Waals surface area (Å²) in [4.78, 5) is 11.7. The molecule has 0 fully saturated rings. The summed E-state index contributed by atoms with van der Waals surface area (Å²) >= 11 is 0. The first-order valence-electron chi connectivity index (χ1n) is 12.1. The average Bonchev–Trinajstić information content (AvgIpc) is 2.89. The van der Waals surface area contributed by atoms with Gasteiger partial charge in [-0.2, -0.15) is 0 Å². The van der Waals surface area contributed by atoms with Crippen LogP contribution in [-0.2, 0) is 0 Å². The van der Waals surface area contributed by atoms with E-state index in [-0.39, 0.29) is 5.56 Å². The van der Waals surface area contributed by atoms with Crippen molar-refractivity contribution >= 4 is 35.6 Å². The highest BCUT2D eigenvalue weighted by Crippen LogP contribution is 2.45. The number of ether oxygens (including phenoxy) is 1. The Morgan fingerprint density at radius 1 is 1.16 bits per heavy atom. The first kappa shape index (κ1) is 27.4. The van der Waals surface area contributed by atoms with E-state index in [1.165, 1.54) is 25.2 Å². The first-order valence-corrected chi connectivity index (χ1v) is 12.1. The minimum atomic E-state index is -1.04. The molecule has 1 aliphatic heterocycles. The Bertz CT molecular complexity index is 1490. The lowest BCUT2D eigenvalue weighted by Crippen LogP contribution is -2.24. The van der Waals surface area contributed by atoms with Crippen LogP contribution < -0.4 is 26.2 Å². The fourth-order valence-corrected chi connectivity index (χ4v) is 4.32. The molecule has 0 amide bonds. The summed E-state index contributed by atoms with van der Waals surface area (Å²) in [5.74, 6) is -0.300. The normalized spacial score (nSPS) is 13.8. The third kappa shape index (κ3) is 5.65. The molecule has 0 saturated heterocycles. The highest BCUT2D eigenvalue weighted by Gasteiger charge is 2.27. The van der Waals surface area contributed by atoms with Crippen molar-refractivity contribution in [3.63, 3.8) is 0 Å². The number of rotatable bonds is 6. The van der Waals surface area contributed by atoms with Crippen molar-refractivity contribution in [3.8, 4) is 5.75 Å². The maximum Gasteiger partial charge on any atom is 0.337 e. The number of fused-ring (bicyclic) bond motifs is 1. The minimum Gasteiger partial charge on any atom is -0.478 e. The quantitative estimate of drug-likeness (QED) is 0.404. The molecule has 0 spiro atoms. The Balaban J connectivity index is 0.00000186. The Labute approximate surface area is 217 Å². The highest BCUT2D eigenvalue weighted by atomic mass is 19.1. The third-order valence-electron chi connectivity index (χ3n) is 6.23. The molecule has 0 aliphatic carbocycles. The number of allylic oxidation sites excluding steroid dienone is 2. The number of para-hydroxylation sites is 1. The lowest BCUT2D eigenvalue weighted by atomic mass is 9.90. The van der Waals surface area contributed by atoms with Gasteiger partial charge in [0.1, 0.15) is 17.3 Å². The summed E-state index contributed by atoms with van der Waals surface area (Å²) in [6.07, 6.45) is 2.99. The van der Waals surface area contributed by atoms with Crippen molar-refractivity contribution in [2.75, 3.05) is 12.4 Å². The predicted molar refractivity (Wildman–Crippen MR) is 150 cm³/mol. The lowest BCUT2D eigenvalue weighted by molar-refractivity contribution is 0.0698. The van der Waals surface area contributed by atoms with Crippen molar-refractivity contribution in [1.29, 1.82) is 0 Å². The van der Waals surface area contributed by atoms with Crippen molar-refractivity contribution < 1.29 is 19.0 Å². The number of aromatic carboxylic acids is 1. The van der Waals surface area contributed by atoms with E-state index in [0.717, 1.165) is 28.0 Å². The monoisotopic (exact) mass is 500 g/mol. The third-order valence-corrected chi connectivity index (χ3v) is 6.23. The van der Waals surface area contributed by atoms with Gasteiger partial charge in [-0.15, -0.1) is 0 Å². The SMILES string of the molecule is C=C1C(C)=C(c2ccc(=C)/c(=C\CC)c2)Oc2c1cc(F)cc2C(C)Nc1ccccc1C(=O)O.CN. The molecule has 4 rings (SSSR count). The summed E-state index contributed by atoms with van der Waals surface area (Å²) in [6, 6.07) is 15.0.